The van der Waals surface area contributed by atoms with Gasteiger partial charge in [-0.3, -0.25) is 0 Å². The van der Waals surface area contributed by atoms with Gasteiger partial charge in [-0.1, -0.05) is 12.2 Å². The van der Waals surface area contributed by atoms with Gasteiger partial charge in [0.25, 0.3) is 0 Å². The summed E-state index contributed by atoms with van der Waals surface area (Å²) in [4.78, 5) is -0.153. The summed E-state index contributed by atoms with van der Waals surface area (Å²) in [6.07, 6.45) is 4.57. The average molecular weight is 328 g/mol. The lowest BCUT2D eigenvalue weighted by molar-refractivity contribution is 0.432. The first-order valence-corrected chi connectivity index (χ1v) is 8.82. The lowest BCUT2D eigenvalue weighted by Gasteiger charge is -2.15. The maximum absolute atomic E-state index is 13.5. The van der Waals surface area contributed by atoms with Crippen molar-refractivity contribution in [3.05, 3.63) is 29.6 Å². The lowest BCUT2D eigenvalue weighted by atomic mass is 10.0. The van der Waals surface area contributed by atoms with Crippen molar-refractivity contribution < 1.29 is 12.8 Å². The summed E-state index contributed by atoms with van der Waals surface area (Å²) in [6, 6.07) is 3.50. The van der Waals surface area contributed by atoms with Crippen LogP contribution in [0.15, 0.2) is 23.1 Å². The molecule has 1 aromatic rings. The molecule has 2 saturated carbocycles. The zero-order valence-corrected chi connectivity index (χ0v) is 13.1. The van der Waals surface area contributed by atoms with Crippen molar-refractivity contribution in [1.29, 1.82) is 0 Å². The number of nitrogens with one attached hydrogen (secondary N) is 1. The number of thiocarbonyl (C=S) groups is 1. The third-order valence-corrected chi connectivity index (χ3v) is 6.08. The first kappa shape index (κ1) is 14.9. The van der Waals surface area contributed by atoms with Crippen LogP contribution in [0.25, 0.3) is 0 Å². The van der Waals surface area contributed by atoms with Crippen LogP contribution in [0.2, 0.25) is 0 Å². The minimum absolute atomic E-state index is 0.00158. The summed E-state index contributed by atoms with van der Waals surface area (Å²) in [7, 11) is -3.66. The molecule has 3 N–H and O–H groups in total. The molecule has 0 aliphatic heterocycles. The lowest BCUT2D eigenvalue weighted by Crippen LogP contribution is -2.31. The van der Waals surface area contributed by atoms with Gasteiger partial charge < -0.3 is 5.73 Å². The van der Waals surface area contributed by atoms with Crippen molar-refractivity contribution in [2.24, 2.45) is 17.1 Å². The molecule has 0 unspecified atom stereocenters. The highest BCUT2D eigenvalue weighted by Crippen LogP contribution is 2.60. The van der Waals surface area contributed by atoms with E-state index >= 15 is 0 Å². The normalized spacial score (nSPS) is 20.2. The molecule has 1 aromatic carbocycles. The second-order valence-corrected chi connectivity index (χ2v) is 8.17. The van der Waals surface area contributed by atoms with Gasteiger partial charge in [-0.2, -0.15) is 0 Å². The molecule has 0 aromatic heterocycles. The molecule has 4 nitrogen and oxygen atoms in total. The van der Waals surface area contributed by atoms with Gasteiger partial charge in [0.1, 0.15) is 10.8 Å². The molecule has 0 spiro atoms. The van der Waals surface area contributed by atoms with Gasteiger partial charge in [0.15, 0.2) is 0 Å². The van der Waals surface area contributed by atoms with Gasteiger partial charge in [-0.25, -0.2) is 17.5 Å². The zero-order chi connectivity index (χ0) is 15.3. The molecule has 0 amide bonds. The minimum atomic E-state index is -3.66. The van der Waals surface area contributed by atoms with Gasteiger partial charge in [0.2, 0.25) is 10.0 Å². The highest BCUT2D eigenvalue weighted by Gasteiger charge is 2.53. The fraction of sp³-hybridized carbons (Fsp3) is 0.500. The van der Waals surface area contributed by atoms with E-state index in [0.717, 1.165) is 18.9 Å². The predicted octanol–water partition coefficient (Wildman–Crippen LogP) is 1.93. The molecule has 0 heterocycles. The van der Waals surface area contributed by atoms with Crippen molar-refractivity contribution in [3.8, 4) is 0 Å². The second kappa shape index (κ2) is 5.00. The molecule has 0 bridgehead atoms. The van der Waals surface area contributed by atoms with Crippen molar-refractivity contribution in [3.63, 3.8) is 0 Å². The van der Waals surface area contributed by atoms with E-state index in [1.165, 1.54) is 25.0 Å². The molecule has 0 radical (unpaired) electrons. The van der Waals surface area contributed by atoms with Crippen LogP contribution in [0.1, 0.15) is 31.2 Å². The second-order valence-electron chi connectivity index (χ2n) is 5.97. The quantitative estimate of drug-likeness (QED) is 0.783. The molecule has 2 aliphatic rings. The monoisotopic (exact) mass is 328 g/mol. The van der Waals surface area contributed by atoms with Gasteiger partial charge in [-0.05, 0) is 55.2 Å². The van der Waals surface area contributed by atoms with Gasteiger partial charge in [0.05, 0.1) is 4.90 Å². The number of rotatable bonds is 6. The Bertz CT molecular complexity index is 695. The largest absolute Gasteiger partial charge is 0.389 e. The van der Waals surface area contributed by atoms with Crippen LogP contribution >= 0.6 is 12.2 Å². The molecule has 21 heavy (non-hydrogen) atoms. The van der Waals surface area contributed by atoms with Crippen LogP contribution in [-0.2, 0) is 10.0 Å². The van der Waals surface area contributed by atoms with E-state index in [9.17, 15) is 12.8 Å². The van der Waals surface area contributed by atoms with Crippen molar-refractivity contribution in [2.75, 3.05) is 6.54 Å². The molecule has 2 aliphatic carbocycles. The van der Waals surface area contributed by atoms with Crippen molar-refractivity contribution in [1.82, 2.24) is 4.72 Å². The van der Waals surface area contributed by atoms with Crippen LogP contribution in [0.5, 0.6) is 0 Å². The number of hydrogen-bond acceptors (Lipinski definition) is 3. The Morgan fingerprint density at radius 1 is 1.43 bits per heavy atom. The predicted molar refractivity (Wildman–Crippen MR) is 81.9 cm³/mol. The Balaban J connectivity index is 1.78. The Labute approximate surface area is 129 Å². The maximum atomic E-state index is 13.5. The van der Waals surface area contributed by atoms with E-state index in [1.54, 1.807) is 0 Å². The Hall–Kier alpha value is -1.05. The van der Waals surface area contributed by atoms with Gasteiger partial charge >= 0.3 is 0 Å². The summed E-state index contributed by atoms with van der Waals surface area (Å²) in [5.74, 6) is 0.0543. The van der Waals surface area contributed by atoms with Crippen molar-refractivity contribution in [2.45, 2.75) is 30.6 Å². The summed E-state index contributed by atoms with van der Waals surface area (Å²) in [6.45, 7) is 0.458. The standard InChI is InChI=1S/C14H17FN2O2S2/c15-12-4-3-10(7-11(12)13(16)20)21(18,19)17-8-14(5-6-14)9-1-2-9/h3-4,7,9,17H,1-2,5-6,8H2,(H2,16,20). The average Bonchev–Trinajstić information content (AvgIpc) is 3.27. The number of hydrogen-bond donors (Lipinski definition) is 2. The maximum Gasteiger partial charge on any atom is 0.240 e. The fourth-order valence-corrected chi connectivity index (χ4v) is 4.09. The van der Waals surface area contributed by atoms with E-state index in [4.69, 9.17) is 18.0 Å². The molecule has 0 saturated heterocycles. The third kappa shape index (κ3) is 2.95. The van der Waals surface area contributed by atoms with Crippen LogP contribution in [0.4, 0.5) is 4.39 Å². The van der Waals surface area contributed by atoms with E-state index in [2.05, 4.69) is 4.72 Å². The summed E-state index contributed by atoms with van der Waals surface area (Å²) < 4.78 is 40.8. The molecule has 3 rings (SSSR count). The van der Waals surface area contributed by atoms with Gasteiger partial charge in [0, 0.05) is 12.1 Å². The van der Waals surface area contributed by atoms with E-state index in [0.29, 0.717) is 12.5 Å². The first-order chi connectivity index (χ1) is 9.84. The fourth-order valence-electron chi connectivity index (χ4n) is 2.77. The number of benzene rings is 1. The topological polar surface area (TPSA) is 72.2 Å². The van der Waals surface area contributed by atoms with Gasteiger partial charge in [-0.15, -0.1) is 0 Å². The number of sulfonamides is 1. The van der Waals surface area contributed by atoms with E-state index in [-0.39, 0.29) is 20.9 Å². The molecule has 0 atom stereocenters. The molecule has 2 fully saturated rings. The third-order valence-electron chi connectivity index (χ3n) is 4.46. The molecular weight excluding hydrogens is 311 g/mol. The summed E-state index contributed by atoms with van der Waals surface area (Å²) in [5, 5.41) is 0. The minimum Gasteiger partial charge on any atom is -0.389 e. The Morgan fingerprint density at radius 2 is 2.10 bits per heavy atom. The SMILES string of the molecule is NC(=S)c1cc(S(=O)(=O)NCC2(C3CC3)CC2)ccc1F. The molecular formula is C14H17FN2O2S2. The highest BCUT2D eigenvalue weighted by atomic mass is 32.2. The smallest absolute Gasteiger partial charge is 0.240 e. The molecule has 114 valence electrons. The Kier molecular flexibility index (Phi) is 3.54. The van der Waals surface area contributed by atoms with E-state index < -0.39 is 15.8 Å². The highest BCUT2D eigenvalue weighted by molar-refractivity contribution is 7.89. The zero-order valence-electron chi connectivity index (χ0n) is 11.4. The van der Waals surface area contributed by atoms with Crippen LogP contribution in [0.3, 0.4) is 0 Å². The Morgan fingerprint density at radius 3 is 2.62 bits per heavy atom. The van der Waals surface area contributed by atoms with Crippen LogP contribution in [0, 0.1) is 17.2 Å². The number of nitrogens with two attached hydrogens (primary N) is 1. The van der Waals surface area contributed by atoms with E-state index in [1.807, 2.05) is 0 Å². The van der Waals surface area contributed by atoms with Crippen molar-refractivity contribution >= 4 is 27.2 Å². The first-order valence-electron chi connectivity index (χ1n) is 6.93. The summed E-state index contributed by atoms with van der Waals surface area (Å²) in [5.41, 5.74) is 5.52. The number of halogens is 1. The van der Waals surface area contributed by atoms with Crippen LogP contribution < -0.4 is 10.5 Å². The van der Waals surface area contributed by atoms with Crippen LogP contribution in [-0.4, -0.2) is 20.0 Å². The molecule has 7 heteroatoms. The summed E-state index contributed by atoms with van der Waals surface area (Å²) >= 11 is 4.73.